The molecule has 0 aliphatic heterocycles. The number of hydrazine groups is 1. The Labute approximate surface area is 198 Å². The standard InChI is InChI=1S/C25H25N3O4S/c1-17(2)32-20-14-12-19(13-15-20)23(29)26-25(33)28-27-24(30)21-10-6-7-11-22(21)31-16-18-8-4-3-5-9-18/h3-15,17H,16H2,1-2H3,(H,27,30)(H2,26,28,29,33). The maximum absolute atomic E-state index is 12.6. The predicted molar refractivity (Wildman–Crippen MR) is 130 cm³/mol. The molecule has 0 atom stereocenters. The van der Waals surface area contributed by atoms with E-state index >= 15 is 0 Å². The summed E-state index contributed by atoms with van der Waals surface area (Å²) >= 11 is 5.12. The topological polar surface area (TPSA) is 88.7 Å². The maximum Gasteiger partial charge on any atom is 0.273 e. The van der Waals surface area contributed by atoms with E-state index in [1.165, 1.54) is 0 Å². The second kappa shape index (κ2) is 11.6. The van der Waals surface area contributed by atoms with Gasteiger partial charge in [-0.15, -0.1) is 0 Å². The van der Waals surface area contributed by atoms with Crippen molar-refractivity contribution in [2.75, 3.05) is 0 Å². The Kier molecular flexibility index (Phi) is 8.37. The fourth-order valence-corrected chi connectivity index (χ4v) is 3.00. The van der Waals surface area contributed by atoms with Gasteiger partial charge in [0.15, 0.2) is 5.11 Å². The first-order chi connectivity index (χ1) is 15.9. The number of benzene rings is 3. The summed E-state index contributed by atoms with van der Waals surface area (Å²) < 4.78 is 11.4. The van der Waals surface area contributed by atoms with Gasteiger partial charge in [-0.3, -0.25) is 25.8 Å². The van der Waals surface area contributed by atoms with Gasteiger partial charge in [-0.2, -0.15) is 0 Å². The summed E-state index contributed by atoms with van der Waals surface area (Å²) in [6, 6.07) is 23.2. The lowest BCUT2D eigenvalue weighted by atomic mass is 10.2. The van der Waals surface area contributed by atoms with E-state index in [1.54, 1.807) is 48.5 Å². The van der Waals surface area contributed by atoms with E-state index in [4.69, 9.17) is 21.7 Å². The summed E-state index contributed by atoms with van der Waals surface area (Å²) in [6.07, 6.45) is 0.0407. The Morgan fingerprint density at radius 2 is 1.52 bits per heavy atom. The minimum absolute atomic E-state index is 0.0407. The molecule has 0 aliphatic rings. The van der Waals surface area contributed by atoms with Crippen molar-refractivity contribution < 1.29 is 19.1 Å². The Bertz CT molecular complexity index is 1100. The first-order valence-electron chi connectivity index (χ1n) is 10.4. The summed E-state index contributed by atoms with van der Waals surface area (Å²) in [4.78, 5) is 25.0. The van der Waals surface area contributed by atoms with Gasteiger partial charge >= 0.3 is 0 Å². The molecule has 3 aromatic carbocycles. The summed E-state index contributed by atoms with van der Waals surface area (Å²) in [7, 11) is 0. The van der Waals surface area contributed by atoms with Gasteiger partial charge in [0, 0.05) is 5.56 Å². The molecule has 0 saturated carbocycles. The molecule has 0 spiro atoms. The van der Waals surface area contributed by atoms with Crippen LogP contribution in [0.5, 0.6) is 11.5 Å². The average molecular weight is 464 g/mol. The van der Waals surface area contributed by atoms with E-state index in [9.17, 15) is 9.59 Å². The molecule has 0 unspecified atom stereocenters. The first-order valence-corrected chi connectivity index (χ1v) is 10.8. The van der Waals surface area contributed by atoms with E-state index in [0.29, 0.717) is 29.2 Å². The number of ether oxygens (including phenoxy) is 2. The van der Waals surface area contributed by atoms with Gasteiger partial charge in [-0.1, -0.05) is 42.5 Å². The van der Waals surface area contributed by atoms with Crippen LogP contribution in [-0.4, -0.2) is 23.0 Å². The average Bonchev–Trinajstić information content (AvgIpc) is 2.82. The molecule has 0 aromatic heterocycles. The van der Waals surface area contributed by atoms with Gasteiger partial charge in [-0.25, -0.2) is 0 Å². The number of thiocarbonyl (C=S) groups is 1. The molecule has 170 valence electrons. The van der Waals surface area contributed by atoms with Crippen LogP contribution >= 0.6 is 12.2 Å². The van der Waals surface area contributed by atoms with Crippen molar-refractivity contribution >= 4 is 29.1 Å². The fourth-order valence-electron chi connectivity index (χ4n) is 2.86. The van der Waals surface area contributed by atoms with Crippen LogP contribution in [0, 0.1) is 0 Å². The second-order valence-electron chi connectivity index (χ2n) is 7.32. The predicted octanol–water partition coefficient (Wildman–Crippen LogP) is 4.00. The molecule has 33 heavy (non-hydrogen) atoms. The number of nitrogens with one attached hydrogen (secondary N) is 3. The monoisotopic (exact) mass is 463 g/mol. The number of carbonyl (C=O) groups excluding carboxylic acids is 2. The molecular weight excluding hydrogens is 438 g/mol. The van der Waals surface area contributed by atoms with Crippen molar-refractivity contribution in [2.45, 2.75) is 26.6 Å². The number of hydrogen-bond acceptors (Lipinski definition) is 5. The zero-order valence-electron chi connectivity index (χ0n) is 18.3. The minimum Gasteiger partial charge on any atom is -0.491 e. The van der Waals surface area contributed by atoms with E-state index in [-0.39, 0.29) is 11.2 Å². The van der Waals surface area contributed by atoms with Crippen molar-refractivity contribution in [2.24, 2.45) is 0 Å². The summed E-state index contributed by atoms with van der Waals surface area (Å²) in [6.45, 7) is 4.17. The van der Waals surface area contributed by atoms with Gasteiger partial charge in [0.2, 0.25) is 0 Å². The van der Waals surface area contributed by atoms with Crippen LogP contribution in [0.3, 0.4) is 0 Å². The Hall–Kier alpha value is -3.91. The van der Waals surface area contributed by atoms with Crippen LogP contribution in [0.2, 0.25) is 0 Å². The molecule has 2 amide bonds. The van der Waals surface area contributed by atoms with Crippen LogP contribution in [0.15, 0.2) is 78.9 Å². The van der Waals surface area contributed by atoms with Crippen molar-refractivity contribution in [3.8, 4) is 11.5 Å². The summed E-state index contributed by atoms with van der Waals surface area (Å²) in [5.41, 5.74) is 6.74. The van der Waals surface area contributed by atoms with Gasteiger partial charge in [0.1, 0.15) is 18.1 Å². The third kappa shape index (κ3) is 7.33. The SMILES string of the molecule is CC(C)Oc1ccc(C(=O)NC(=S)NNC(=O)c2ccccc2OCc2ccccc2)cc1. The largest absolute Gasteiger partial charge is 0.491 e. The Balaban J connectivity index is 1.52. The van der Waals surface area contributed by atoms with Gasteiger partial charge in [0.25, 0.3) is 11.8 Å². The van der Waals surface area contributed by atoms with E-state index in [1.807, 2.05) is 44.2 Å². The number of carbonyl (C=O) groups is 2. The summed E-state index contributed by atoms with van der Waals surface area (Å²) in [5.74, 6) is 0.233. The van der Waals surface area contributed by atoms with Gasteiger partial charge < -0.3 is 9.47 Å². The molecule has 7 nitrogen and oxygen atoms in total. The highest BCUT2D eigenvalue weighted by atomic mass is 32.1. The third-order valence-electron chi connectivity index (χ3n) is 4.37. The molecule has 0 bridgehead atoms. The normalized spacial score (nSPS) is 10.3. The van der Waals surface area contributed by atoms with Crippen molar-refractivity contribution in [1.29, 1.82) is 0 Å². The molecule has 3 N–H and O–H groups in total. The Morgan fingerprint density at radius 3 is 2.21 bits per heavy atom. The fraction of sp³-hybridized carbons (Fsp3) is 0.160. The molecule has 0 saturated heterocycles. The lowest BCUT2D eigenvalue weighted by Crippen LogP contribution is -2.48. The van der Waals surface area contributed by atoms with Crippen LogP contribution in [0.25, 0.3) is 0 Å². The lowest BCUT2D eigenvalue weighted by Gasteiger charge is -2.14. The van der Waals surface area contributed by atoms with Crippen LogP contribution in [-0.2, 0) is 6.61 Å². The molecule has 0 heterocycles. The van der Waals surface area contributed by atoms with E-state index < -0.39 is 11.8 Å². The number of hydrogen-bond donors (Lipinski definition) is 3. The highest BCUT2D eigenvalue weighted by Gasteiger charge is 2.14. The quantitative estimate of drug-likeness (QED) is 0.363. The second-order valence-corrected chi connectivity index (χ2v) is 7.73. The van der Waals surface area contributed by atoms with E-state index in [2.05, 4.69) is 16.2 Å². The van der Waals surface area contributed by atoms with Gasteiger partial charge in [-0.05, 0) is 68.0 Å². The van der Waals surface area contributed by atoms with Gasteiger partial charge in [0.05, 0.1) is 11.7 Å². The third-order valence-corrected chi connectivity index (χ3v) is 4.58. The smallest absolute Gasteiger partial charge is 0.273 e. The number of amides is 2. The van der Waals surface area contributed by atoms with Crippen molar-refractivity contribution in [3.63, 3.8) is 0 Å². The molecule has 0 fully saturated rings. The summed E-state index contributed by atoms with van der Waals surface area (Å²) in [5, 5.41) is 2.48. The first kappa shape index (κ1) is 23.7. The van der Waals surface area contributed by atoms with Crippen LogP contribution < -0.4 is 25.6 Å². The molecular formula is C25H25N3O4S. The lowest BCUT2D eigenvalue weighted by molar-refractivity contribution is 0.0930. The van der Waals surface area contributed by atoms with Crippen LogP contribution in [0.4, 0.5) is 0 Å². The number of para-hydroxylation sites is 1. The molecule has 3 aromatic rings. The number of rotatable bonds is 7. The molecule has 0 aliphatic carbocycles. The molecule has 8 heteroatoms. The van der Waals surface area contributed by atoms with Crippen molar-refractivity contribution in [1.82, 2.24) is 16.2 Å². The highest BCUT2D eigenvalue weighted by molar-refractivity contribution is 7.80. The van der Waals surface area contributed by atoms with Crippen molar-refractivity contribution in [3.05, 3.63) is 95.6 Å². The molecule has 3 rings (SSSR count). The zero-order chi connectivity index (χ0) is 23.6. The minimum atomic E-state index is -0.453. The zero-order valence-corrected chi connectivity index (χ0v) is 19.1. The highest BCUT2D eigenvalue weighted by Crippen LogP contribution is 2.19. The van der Waals surface area contributed by atoms with Crippen LogP contribution in [0.1, 0.15) is 40.1 Å². The molecule has 0 radical (unpaired) electrons. The van der Waals surface area contributed by atoms with E-state index in [0.717, 1.165) is 5.56 Å². The Morgan fingerprint density at radius 1 is 0.848 bits per heavy atom. The maximum atomic E-state index is 12.6.